The first-order valence-electron chi connectivity index (χ1n) is 5.08. The average molecular weight is 301 g/mol. The number of aromatic nitrogens is 2. The summed E-state index contributed by atoms with van der Waals surface area (Å²) < 4.78 is 2.89. The summed E-state index contributed by atoms with van der Waals surface area (Å²) in [5, 5.41) is 14.3. The molecule has 0 aliphatic carbocycles. The number of aliphatic hydroxyl groups excluding tert-OH is 1. The van der Waals surface area contributed by atoms with Crippen LogP contribution < -0.4 is 0 Å². The molecular formula is C11H13BrN2OS. The Bertz CT molecular complexity index is 472. The van der Waals surface area contributed by atoms with Gasteiger partial charge in [0.25, 0.3) is 0 Å². The molecule has 16 heavy (non-hydrogen) atoms. The van der Waals surface area contributed by atoms with Crippen molar-refractivity contribution in [3.63, 3.8) is 0 Å². The van der Waals surface area contributed by atoms with Gasteiger partial charge in [0.2, 0.25) is 0 Å². The molecule has 0 fully saturated rings. The fraction of sp³-hybridized carbons (Fsp3) is 0.364. The molecule has 0 bridgehead atoms. The van der Waals surface area contributed by atoms with Gasteiger partial charge in [-0.15, -0.1) is 11.3 Å². The molecule has 5 heteroatoms. The van der Waals surface area contributed by atoms with Crippen molar-refractivity contribution in [2.45, 2.75) is 26.5 Å². The quantitative estimate of drug-likeness (QED) is 0.946. The number of aliphatic hydroxyl groups is 1. The Balaban J connectivity index is 2.27. The average Bonchev–Trinajstić information content (AvgIpc) is 2.86. The van der Waals surface area contributed by atoms with Crippen LogP contribution >= 0.6 is 27.3 Å². The molecule has 0 aromatic carbocycles. The van der Waals surface area contributed by atoms with Crippen molar-refractivity contribution in [3.05, 3.63) is 38.3 Å². The lowest BCUT2D eigenvalue weighted by Crippen LogP contribution is -1.96. The van der Waals surface area contributed by atoms with Crippen LogP contribution in [0.4, 0.5) is 0 Å². The van der Waals surface area contributed by atoms with E-state index in [9.17, 15) is 5.11 Å². The molecule has 0 aliphatic rings. The van der Waals surface area contributed by atoms with Crippen LogP contribution in [0.2, 0.25) is 0 Å². The van der Waals surface area contributed by atoms with Crippen LogP contribution in [0, 0.1) is 6.92 Å². The zero-order chi connectivity index (χ0) is 11.7. The summed E-state index contributed by atoms with van der Waals surface area (Å²) >= 11 is 5.03. The highest BCUT2D eigenvalue weighted by molar-refractivity contribution is 9.11. The molecule has 2 heterocycles. The van der Waals surface area contributed by atoms with E-state index in [1.807, 2.05) is 30.8 Å². The van der Waals surface area contributed by atoms with Crippen molar-refractivity contribution in [3.8, 4) is 0 Å². The molecule has 1 unspecified atom stereocenters. The number of rotatable bonds is 3. The molecule has 0 saturated carbocycles. The highest BCUT2D eigenvalue weighted by atomic mass is 79.9. The molecule has 0 amide bonds. The summed E-state index contributed by atoms with van der Waals surface area (Å²) in [5.74, 6) is 0. The van der Waals surface area contributed by atoms with Crippen LogP contribution in [0.3, 0.4) is 0 Å². The normalized spacial score (nSPS) is 13.0. The summed E-state index contributed by atoms with van der Waals surface area (Å²) in [6.07, 6.45) is 3.03. The molecule has 2 rings (SSSR count). The summed E-state index contributed by atoms with van der Waals surface area (Å²) in [6.45, 7) is 4.86. The fourth-order valence-corrected chi connectivity index (χ4v) is 3.06. The van der Waals surface area contributed by atoms with E-state index < -0.39 is 6.10 Å². The third-order valence-corrected chi connectivity index (χ3v) is 4.63. The third kappa shape index (κ3) is 2.21. The van der Waals surface area contributed by atoms with Gasteiger partial charge < -0.3 is 5.11 Å². The number of halogens is 1. The second kappa shape index (κ2) is 4.69. The standard InChI is InChI=1S/C11H13BrN2OS/c1-3-14-6-8(5-13-14)10(15)9-4-7(2)11(12)16-9/h4-6,10,15H,3H2,1-2H3. The predicted molar refractivity (Wildman–Crippen MR) is 68.7 cm³/mol. The van der Waals surface area contributed by atoms with E-state index in [-0.39, 0.29) is 0 Å². The van der Waals surface area contributed by atoms with Crippen molar-refractivity contribution >= 4 is 27.3 Å². The molecule has 0 radical (unpaired) electrons. The predicted octanol–water partition coefficient (Wildman–Crippen LogP) is 3.12. The lowest BCUT2D eigenvalue weighted by Gasteiger charge is -2.04. The molecule has 2 aromatic heterocycles. The lowest BCUT2D eigenvalue weighted by molar-refractivity contribution is 0.224. The maximum absolute atomic E-state index is 10.2. The lowest BCUT2D eigenvalue weighted by atomic mass is 10.1. The van der Waals surface area contributed by atoms with Gasteiger partial charge in [-0.25, -0.2) is 0 Å². The smallest absolute Gasteiger partial charge is 0.116 e. The van der Waals surface area contributed by atoms with Gasteiger partial charge in [-0.3, -0.25) is 4.68 Å². The van der Waals surface area contributed by atoms with E-state index >= 15 is 0 Å². The number of thiophene rings is 1. The van der Waals surface area contributed by atoms with Crippen LogP contribution in [-0.2, 0) is 6.54 Å². The Morgan fingerprint density at radius 1 is 1.62 bits per heavy atom. The number of aryl methyl sites for hydroxylation is 2. The molecule has 0 spiro atoms. The monoisotopic (exact) mass is 300 g/mol. The summed E-state index contributed by atoms with van der Waals surface area (Å²) in [4.78, 5) is 0.944. The molecule has 3 nitrogen and oxygen atoms in total. The molecule has 1 atom stereocenters. The molecule has 0 saturated heterocycles. The Morgan fingerprint density at radius 2 is 2.38 bits per heavy atom. The maximum Gasteiger partial charge on any atom is 0.116 e. The second-order valence-corrected chi connectivity index (χ2v) is 6.04. The van der Waals surface area contributed by atoms with Gasteiger partial charge in [-0.1, -0.05) is 0 Å². The minimum Gasteiger partial charge on any atom is -0.383 e. The van der Waals surface area contributed by atoms with Crippen LogP contribution in [0.1, 0.15) is 29.0 Å². The minimum atomic E-state index is -0.574. The molecular weight excluding hydrogens is 288 g/mol. The molecule has 0 aliphatic heterocycles. The highest BCUT2D eigenvalue weighted by Gasteiger charge is 2.15. The Morgan fingerprint density at radius 3 is 2.88 bits per heavy atom. The second-order valence-electron chi connectivity index (χ2n) is 3.64. The van der Waals surface area contributed by atoms with Gasteiger partial charge in [0.1, 0.15) is 6.10 Å². The Hall–Kier alpha value is -0.650. The van der Waals surface area contributed by atoms with E-state index in [1.165, 1.54) is 0 Å². The third-order valence-electron chi connectivity index (χ3n) is 2.44. The highest BCUT2D eigenvalue weighted by Crippen LogP contribution is 2.33. The largest absolute Gasteiger partial charge is 0.383 e. The van der Waals surface area contributed by atoms with Gasteiger partial charge in [-0.05, 0) is 41.4 Å². The van der Waals surface area contributed by atoms with E-state index in [1.54, 1.807) is 17.5 Å². The van der Waals surface area contributed by atoms with Crippen LogP contribution in [-0.4, -0.2) is 14.9 Å². The number of hydrogen-bond donors (Lipinski definition) is 1. The van der Waals surface area contributed by atoms with Crippen LogP contribution in [0.25, 0.3) is 0 Å². The Labute approximate surface area is 107 Å². The van der Waals surface area contributed by atoms with E-state index in [4.69, 9.17) is 0 Å². The van der Waals surface area contributed by atoms with E-state index in [0.717, 1.165) is 26.3 Å². The fourth-order valence-electron chi connectivity index (χ4n) is 1.48. The van der Waals surface area contributed by atoms with E-state index in [2.05, 4.69) is 21.0 Å². The SMILES string of the molecule is CCn1cc(C(O)c2cc(C)c(Br)s2)cn1. The summed E-state index contributed by atoms with van der Waals surface area (Å²) in [5.41, 5.74) is 2.00. The zero-order valence-electron chi connectivity index (χ0n) is 9.14. The summed E-state index contributed by atoms with van der Waals surface area (Å²) in [6, 6.07) is 2.00. The Kier molecular flexibility index (Phi) is 3.47. The molecule has 86 valence electrons. The van der Waals surface area contributed by atoms with Crippen LogP contribution in [0.15, 0.2) is 22.2 Å². The molecule has 2 aromatic rings. The number of hydrogen-bond acceptors (Lipinski definition) is 3. The van der Waals surface area contributed by atoms with Gasteiger partial charge in [0.15, 0.2) is 0 Å². The van der Waals surface area contributed by atoms with E-state index in [0.29, 0.717) is 0 Å². The first-order chi connectivity index (χ1) is 7.61. The van der Waals surface area contributed by atoms with Crippen LogP contribution in [0.5, 0.6) is 0 Å². The molecule has 1 N–H and O–H groups in total. The van der Waals surface area contributed by atoms with Crippen molar-refractivity contribution in [2.24, 2.45) is 0 Å². The topological polar surface area (TPSA) is 38.0 Å². The zero-order valence-corrected chi connectivity index (χ0v) is 11.5. The summed E-state index contributed by atoms with van der Waals surface area (Å²) in [7, 11) is 0. The van der Waals surface area contributed by atoms with Crippen molar-refractivity contribution in [1.82, 2.24) is 9.78 Å². The van der Waals surface area contributed by atoms with Crippen molar-refractivity contribution in [1.29, 1.82) is 0 Å². The first-order valence-corrected chi connectivity index (χ1v) is 6.69. The maximum atomic E-state index is 10.2. The van der Waals surface area contributed by atoms with Gasteiger partial charge in [-0.2, -0.15) is 5.10 Å². The number of nitrogens with zero attached hydrogens (tertiary/aromatic N) is 2. The van der Waals surface area contributed by atoms with Crippen molar-refractivity contribution in [2.75, 3.05) is 0 Å². The van der Waals surface area contributed by atoms with Gasteiger partial charge >= 0.3 is 0 Å². The van der Waals surface area contributed by atoms with Gasteiger partial charge in [0, 0.05) is 23.2 Å². The first kappa shape index (κ1) is 11.8. The minimum absolute atomic E-state index is 0.574. The van der Waals surface area contributed by atoms with Crippen molar-refractivity contribution < 1.29 is 5.11 Å². The van der Waals surface area contributed by atoms with Gasteiger partial charge in [0.05, 0.1) is 9.98 Å².